The molecule has 0 unspecified atom stereocenters. The molecule has 2 aromatic heterocycles. The van der Waals surface area contributed by atoms with Gasteiger partial charge in [-0.2, -0.15) is 0 Å². The Bertz CT molecular complexity index is 429. The average Bonchev–Trinajstić information content (AvgIpc) is 2.54. The molecule has 2 aromatic rings. The second-order valence-electron chi connectivity index (χ2n) is 2.75. The number of pyridine rings is 1. The van der Waals surface area contributed by atoms with Crippen LogP contribution in [0, 0.1) is 4.77 Å². The Balaban J connectivity index is 2.25. The van der Waals surface area contributed by atoms with Crippen LogP contribution in [0.25, 0.3) is 0 Å². The maximum atomic E-state index is 5.07. The first kappa shape index (κ1) is 8.19. The van der Waals surface area contributed by atoms with Crippen LogP contribution in [0.15, 0.2) is 36.9 Å². The highest BCUT2D eigenvalue weighted by atomic mass is 32.1. The van der Waals surface area contributed by atoms with Gasteiger partial charge in [-0.1, -0.05) is 6.07 Å². The third-order valence-electron chi connectivity index (χ3n) is 1.80. The number of aromatic nitrogens is 3. The molecule has 0 amide bonds. The van der Waals surface area contributed by atoms with Gasteiger partial charge in [-0.3, -0.25) is 4.98 Å². The van der Waals surface area contributed by atoms with Gasteiger partial charge in [0.1, 0.15) is 0 Å². The first-order chi connectivity index (χ1) is 6.36. The van der Waals surface area contributed by atoms with Crippen LogP contribution in [0.5, 0.6) is 0 Å². The summed E-state index contributed by atoms with van der Waals surface area (Å²) in [6.45, 7) is 0.774. The summed E-state index contributed by atoms with van der Waals surface area (Å²) in [4.78, 5) is 6.98. The van der Waals surface area contributed by atoms with Crippen molar-refractivity contribution in [2.24, 2.45) is 0 Å². The minimum Gasteiger partial charge on any atom is -0.337 e. The van der Waals surface area contributed by atoms with E-state index in [1.807, 2.05) is 35.3 Å². The van der Waals surface area contributed by atoms with Crippen LogP contribution in [0.2, 0.25) is 0 Å². The number of H-pyrrole nitrogens is 1. The van der Waals surface area contributed by atoms with Crippen molar-refractivity contribution in [1.82, 2.24) is 14.5 Å². The van der Waals surface area contributed by atoms with E-state index in [1.165, 1.54) is 0 Å². The highest BCUT2D eigenvalue weighted by Gasteiger charge is 1.94. The molecular formula is C9H9N3S. The minimum atomic E-state index is 0.740. The number of hydrogen-bond acceptors (Lipinski definition) is 2. The maximum Gasteiger partial charge on any atom is 0.177 e. The van der Waals surface area contributed by atoms with Crippen LogP contribution in [-0.2, 0) is 6.54 Å². The van der Waals surface area contributed by atoms with Crippen molar-refractivity contribution < 1.29 is 0 Å². The summed E-state index contributed by atoms with van der Waals surface area (Å²) >= 11 is 5.07. The van der Waals surface area contributed by atoms with E-state index >= 15 is 0 Å². The Hall–Kier alpha value is -1.42. The van der Waals surface area contributed by atoms with Crippen LogP contribution in [0.4, 0.5) is 0 Å². The molecule has 13 heavy (non-hydrogen) atoms. The van der Waals surface area contributed by atoms with E-state index in [1.54, 1.807) is 6.20 Å². The molecule has 3 nitrogen and oxygen atoms in total. The van der Waals surface area contributed by atoms with Crippen molar-refractivity contribution in [3.63, 3.8) is 0 Å². The molecule has 0 aromatic carbocycles. The largest absolute Gasteiger partial charge is 0.337 e. The summed E-state index contributed by atoms with van der Waals surface area (Å²) in [6.07, 6.45) is 7.36. The van der Waals surface area contributed by atoms with Crippen molar-refractivity contribution in [2.45, 2.75) is 6.54 Å². The Morgan fingerprint density at radius 2 is 2.46 bits per heavy atom. The van der Waals surface area contributed by atoms with E-state index in [2.05, 4.69) is 9.97 Å². The highest BCUT2D eigenvalue weighted by Crippen LogP contribution is 2.00. The van der Waals surface area contributed by atoms with Crippen molar-refractivity contribution in [1.29, 1.82) is 0 Å². The third kappa shape index (κ3) is 1.84. The third-order valence-corrected chi connectivity index (χ3v) is 2.15. The van der Waals surface area contributed by atoms with Crippen molar-refractivity contribution in [3.05, 3.63) is 47.3 Å². The van der Waals surface area contributed by atoms with Gasteiger partial charge in [-0.05, 0) is 23.8 Å². The van der Waals surface area contributed by atoms with Crippen molar-refractivity contribution in [3.8, 4) is 0 Å². The molecule has 66 valence electrons. The average molecular weight is 191 g/mol. The number of rotatable bonds is 2. The molecule has 0 saturated heterocycles. The minimum absolute atomic E-state index is 0.740. The Morgan fingerprint density at radius 3 is 3.08 bits per heavy atom. The lowest BCUT2D eigenvalue weighted by Crippen LogP contribution is -1.97. The Kier molecular flexibility index (Phi) is 2.23. The van der Waals surface area contributed by atoms with Crippen LogP contribution in [-0.4, -0.2) is 14.5 Å². The zero-order valence-electron chi connectivity index (χ0n) is 6.97. The van der Waals surface area contributed by atoms with Crippen LogP contribution >= 0.6 is 12.2 Å². The Labute approximate surface area is 81.1 Å². The Morgan fingerprint density at radius 1 is 1.54 bits per heavy atom. The summed E-state index contributed by atoms with van der Waals surface area (Å²) in [5.41, 5.74) is 1.15. The normalized spacial score (nSPS) is 10.2. The molecule has 0 aliphatic heterocycles. The number of nitrogens with one attached hydrogen (secondary N) is 1. The first-order valence-corrected chi connectivity index (χ1v) is 4.40. The second-order valence-corrected chi connectivity index (χ2v) is 3.14. The summed E-state index contributed by atoms with van der Waals surface area (Å²) in [6, 6.07) is 3.95. The molecule has 0 fully saturated rings. The van der Waals surface area contributed by atoms with Gasteiger partial charge in [0.15, 0.2) is 4.77 Å². The molecule has 0 aliphatic rings. The second kappa shape index (κ2) is 3.53. The molecule has 1 N–H and O–H groups in total. The molecule has 0 atom stereocenters. The molecule has 4 heteroatoms. The predicted molar refractivity (Wildman–Crippen MR) is 53.0 cm³/mol. The van der Waals surface area contributed by atoms with Gasteiger partial charge in [0.05, 0.1) is 6.54 Å². The van der Waals surface area contributed by atoms with E-state index < -0.39 is 0 Å². The molecule has 0 bridgehead atoms. The lowest BCUT2D eigenvalue weighted by molar-refractivity contribution is 0.780. The van der Waals surface area contributed by atoms with E-state index in [0.717, 1.165) is 16.9 Å². The summed E-state index contributed by atoms with van der Waals surface area (Å²) in [5.74, 6) is 0. The highest BCUT2D eigenvalue weighted by molar-refractivity contribution is 7.71. The first-order valence-electron chi connectivity index (χ1n) is 3.99. The summed E-state index contributed by atoms with van der Waals surface area (Å²) < 4.78 is 2.70. The number of aromatic amines is 1. The maximum absolute atomic E-state index is 5.07. The van der Waals surface area contributed by atoms with Crippen LogP contribution in [0.3, 0.4) is 0 Å². The molecule has 2 rings (SSSR count). The smallest absolute Gasteiger partial charge is 0.177 e. The van der Waals surface area contributed by atoms with E-state index in [-0.39, 0.29) is 0 Å². The van der Waals surface area contributed by atoms with Crippen molar-refractivity contribution in [2.75, 3.05) is 0 Å². The zero-order valence-corrected chi connectivity index (χ0v) is 7.79. The SMILES string of the molecule is S=c1[nH]ccn1Cc1cccnc1. The van der Waals surface area contributed by atoms with E-state index in [9.17, 15) is 0 Å². The fraction of sp³-hybridized carbons (Fsp3) is 0.111. The lowest BCUT2D eigenvalue weighted by atomic mass is 10.3. The molecule has 0 spiro atoms. The molecule has 0 radical (unpaired) electrons. The van der Waals surface area contributed by atoms with E-state index in [4.69, 9.17) is 12.2 Å². The number of nitrogens with zero attached hydrogens (tertiary/aromatic N) is 2. The van der Waals surface area contributed by atoms with Gasteiger partial charge in [0.2, 0.25) is 0 Å². The molecular weight excluding hydrogens is 182 g/mol. The summed E-state index contributed by atoms with van der Waals surface area (Å²) in [7, 11) is 0. The topological polar surface area (TPSA) is 33.6 Å². The van der Waals surface area contributed by atoms with E-state index in [0.29, 0.717) is 0 Å². The fourth-order valence-corrected chi connectivity index (χ4v) is 1.36. The van der Waals surface area contributed by atoms with Gasteiger partial charge >= 0.3 is 0 Å². The summed E-state index contributed by atoms with van der Waals surface area (Å²) in [5, 5.41) is 0. The van der Waals surface area contributed by atoms with Crippen LogP contribution in [0.1, 0.15) is 5.56 Å². The monoisotopic (exact) mass is 191 g/mol. The lowest BCUT2D eigenvalue weighted by Gasteiger charge is -2.00. The molecule has 0 aliphatic carbocycles. The fourth-order valence-electron chi connectivity index (χ4n) is 1.16. The number of imidazole rings is 1. The van der Waals surface area contributed by atoms with Gasteiger partial charge in [0, 0.05) is 24.8 Å². The van der Waals surface area contributed by atoms with Gasteiger partial charge < -0.3 is 9.55 Å². The van der Waals surface area contributed by atoms with Crippen molar-refractivity contribution >= 4 is 12.2 Å². The molecule has 0 saturated carbocycles. The predicted octanol–water partition coefficient (Wildman–Crippen LogP) is 1.99. The van der Waals surface area contributed by atoms with Gasteiger partial charge in [0.25, 0.3) is 0 Å². The standard InChI is InChI=1S/C9H9N3S/c13-9-11-4-5-12(9)7-8-2-1-3-10-6-8/h1-6H,7H2,(H,11,13). The van der Waals surface area contributed by atoms with Gasteiger partial charge in [-0.25, -0.2) is 0 Å². The molecule has 2 heterocycles. The quantitative estimate of drug-likeness (QED) is 0.736. The number of hydrogen-bond donors (Lipinski definition) is 1. The van der Waals surface area contributed by atoms with Gasteiger partial charge in [-0.15, -0.1) is 0 Å². The van der Waals surface area contributed by atoms with Crippen LogP contribution < -0.4 is 0 Å². The zero-order chi connectivity index (χ0) is 9.10.